The first-order valence-electron chi connectivity index (χ1n) is 13.2. The van der Waals surface area contributed by atoms with Gasteiger partial charge in [0.2, 0.25) is 5.95 Å². The first-order valence-corrected chi connectivity index (χ1v) is 13.2. The van der Waals surface area contributed by atoms with Crippen LogP contribution in [0.15, 0.2) is 54.1 Å². The van der Waals surface area contributed by atoms with Crippen LogP contribution in [0.3, 0.4) is 0 Å². The maximum atomic E-state index is 15.9. The number of allylic oxidation sites excluding steroid dienone is 1. The molecule has 11 heteroatoms. The van der Waals surface area contributed by atoms with Gasteiger partial charge in [-0.1, -0.05) is 12.3 Å². The van der Waals surface area contributed by atoms with Gasteiger partial charge >= 0.3 is 0 Å². The van der Waals surface area contributed by atoms with Crippen molar-refractivity contribution in [2.45, 2.75) is 50.9 Å². The molecule has 2 aliphatic heterocycles. The molecule has 5 heterocycles. The quantitative estimate of drug-likeness (QED) is 0.384. The summed E-state index contributed by atoms with van der Waals surface area (Å²) in [7, 11) is 0. The number of pyridine rings is 1. The third-order valence-electron chi connectivity index (χ3n) is 7.40. The van der Waals surface area contributed by atoms with Crippen molar-refractivity contribution in [1.29, 1.82) is 0 Å². The van der Waals surface area contributed by atoms with Crippen LogP contribution in [0.25, 0.3) is 16.9 Å². The molecule has 3 aromatic heterocycles. The maximum Gasteiger partial charge on any atom is 0.260 e. The molecule has 2 saturated heterocycles. The number of hydrogen-bond acceptors (Lipinski definition) is 8. The number of imidazole rings is 1. The third-order valence-corrected chi connectivity index (χ3v) is 7.40. The summed E-state index contributed by atoms with van der Waals surface area (Å²) in [5.41, 5.74) is 9.37. The number of nitrogen functional groups attached to an aromatic ring is 1. The molecule has 10 nitrogen and oxygen atoms in total. The number of alkyl halides is 1. The molecule has 0 atom stereocenters. The SMILES string of the molecule is C=C(N=C=C=CC)c1nc2ncccc2n1C1CCN(C(=O)C2(F)CCN(Cc3cnc(N)nc3)CC2)CC1. The predicted octanol–water partition coefficient (Wildman–Crippen LogP) is 3.34. The molecule has 5 rings (SSSR count). The number of likely N-dealkylation sites (tertiary alicyclic amines) is 2. The average molecular weight is 530 g/mol. The van der Waals surface area contributed by atoms with Crippen molar-refractivity contribution in [2.75, 3.05) is 31.9 Å². The van der Waals surface area contributed by atoms with Crippen LogP contribution >= 0.6 is 0 Å². The van der Waals surface area contributed by atoms with Crippen LogP contribution in [0.1, 0.15) is 50.0 Å². The fourth-order valence-corrected chi connectivity index (χ4v) is 5.31. The number of hydrogen-bond donors (Lipinski definition) is 1. The lowest BCUT2D eigenvalue weighted by Crippen LogP contribution is -2.54. The van der Waals surface area contributed by atoms with Gasteiger partial charge in [-0.3, -0.25) is 9.69 Å². The van der Waals surface area contributed by atoms with E-state index < -0.39 is 11.6 Å². The number of anilines is 1. The van der Waals surface area contributed by atoms with Gasteiger partial charge in [0.25, 0.3) is 5.91 Å². The smallest absolute Gasteiger partial charge is 0.260 e. The van der Waals surface area contributed by atoms with Crippen LogP contribution in [0.4, 0.5) is 10.3 Å². The highest BCUT2D eigenvalue weighted by atomic mass is 19.1. The van der Waals surface area contributed by atoms with Gasteiger partial charge in [0.05, 0.1) is 5.52 Å². The van der Waals surface area contributed by atoms with E-state index in [-0.39, 0.29) is 24.8 Å². The van der Waals surface area contributed by atoms with Gasteiger partial charge in [0.15, 0.2) is 17.1 Å². The predicted molar refractivity (Wildman–Crippen MR) is 147 cm³/mol. The minimum atomic E-state index is -1.85. The van der Waals surface area contributed by atoms with E-state index in [1.54, 1.807) is 29.6 Å². The summed E-state index contributed by atoms with van der Waals surface area (Å²) >= 11 is 0. The van der Waals surface area contributed by atoms with Gasteiger partial charge in [-0.2, -0.15) is 4.99 Å². The number of piperidine rings is 2. The Morgan fingerprint density at radius 1 is 1.23 bits per heavy atom. The molecule has 0 saturated carbocycles. The van der Waals surface area contributed by atoms with E-state index >= 15 is 4.39 Å². The second-order valence-corrected chi connectivity index (χ2v) is 9.97. The van der Waals surface area contributed by atoms with Crippen LogP contribution in [-0.2, 0) is 11.3 Å². The van der Waals surface area contributed by atoms with Gasteiger partial charge in [-0.15, -0.1) is 0 Å². The highest BCUT2D eigenvalue weighted by Gasteiger charge is 2.45. The lowest BCUT2D eigenvalue weighted by atomic mass is 9.90. The van der Waals surface area contributed by atoms with Crippen molar-refractivity contribution in [3.63, 3.8) is 0 Å². The Balaban J connectivity index is 1.24. The summed E-state index contributed by atoms with van der Waals surface area (Å²) in [6, 6.07) is 3.89. The van der Waals surface area contributed by atoms with Crippen molar-refractivity contribution in [3.8, 4) is 0 Å². The Morgan fingerprint density at radius 2 is 1.95 bits per heavy atom. The standard InChI is InChI=1S/C28H32FN9O/c1-3-4-11-31-20(2)25-35-24-23(6-5-12-32-24)38(25)22-7-13-37(14-8-22)26(39)28(29)9-15-36(16-10-28)19-21-17-33-27(30)34-18-21/h3,5-6,12,17-18,22H,2,7-10,13-16,19H2,1H3,(H2,30,33,34). The molecule has 0 radical (unpaired) electrons. The average Bonchev–Trinajstić information content (AvgIpc) is 3.35. The largest absolute Gasteiger partial charge is 0.368 e. The number of aromatic nitrogens is 5. The van der Waals surface area contributed by atoms with Gasteiger partial charge in [0, 0.05) is 81.6 Å². The normalized spacial score (nSPS) is 17.8. The fraction of sp³-hybridized carbons (Fsp3) is 0.429. The Hall–Kier alpha value is -4.17. The van der Waals surface area contributed by atoms with Gasteiger partial charge in [0.1, 0.15) is 5.70 Å². The van der Waals surface area contributed by atoms with E-state index in [0.29, 0.717) is 62.7 Å². The number of carbonyl (C=O) groups is 1. The number of fused-ring (bicyclic) bond motifs is 1. The molecule has 2 N–H and O–H groups in total. The first-order chi connectivity index (χ1) is 18.9. The summed E-state index contributed by atoms with van der Waals surface area (Å²) in [5, 5.41) is 0. The zero-order valence-corrected chi connectivity index (χ0v) is 22.1. The van der Waals surface area contributed by atoms with Crippen LogP contribution in [0, 0.1) is 0 Å². The van der Waals surface area contributed by atoms with Gasteiger partial charge < -0.3 is 15.2 Å². The summed E-state index contributed by atoms with van der Waals surface area (Å²) in [6.45, 7) is 8.43. The minimum Gasteiger partial charge on any atom is -0.368 e. The van der Waals surface area contributed by atoms with E-state index in [0.717, 1.165) is 11.1 Å². The molecule has 0 aromatic carbocycles. The van der Waals surface area contributed by atoms with E-state index in [9.17, 15) is 4.79 Å². The lowest BCUT2D eigenvalue weighted by molar-refractivity contribution is -0.148. The Labute approximate surface area is 226 Å². The van der Waals surface area contributed by atoms with E-state index in [1.807, 2.05) is 19.1 Å². The molecule has 0 bridgehead atoms. The first kappa shape index (κ1) is 26.4. The monoisotopic (exact) mass is 529 g/mol. The molecule has 202 valence electrons. The zero-order chi connectivity index (χ0) is 27.4. The van der Waals surface area contributed by atoms with Crippen LogP contribution in [0.2, 0.25) is 0 Å². The third kappa shape index (κ3) is 5.66. The number of halogens is 1. The maximum absolute atomic E-state index is 15.9. The molecular weight excluding hydrogens is 497 g/mol. The van der Waals surface area contributed by atoms with Gasteiger partial charge in [-0.05, 0) is 38.0 Å². The van der Waals surface area contributed by atoms with Crippen molar-refractivity contribution >= 4 is 34.6 Å². The van der Waals surface area contributed by atoms with Crippen LogP contribution < -0.4 is 5.73 Å². The van der Waals surface area contributed by atoms with E-state index in [4.69, 9.17) is 5.73 Å². The molecule has 0 aliphatic carbocycles. The van der Waals surface area contributed by atoms with Crippen LogP contribution in [-0.4, -0.2) is 77.9 Å². The highest BCUT2D eigenvalue weighted by Crippen LogP contribution is 2.34. The fourth-order valence-electron chi connectivity index (χ4n) is 5.31. The lowest BCUT2D eigenvalue weighted by Gasteiger charge is -2.40. The summed E-state index contributed by atoms with van der Waals surface area (Å²) in [4.78, 5) is 38.5. The number of aliphatic imine (C=N–C) groups is 1. The van der Waals surface area contributed by atoms with E-state index in [1.165, 1.54) is 0 Å². The van der Waals surface area contributed by atoms with Gasteiger partial charge in [-0.25, -0.2) is 24.3 Å². The topological polar surface area (TPSA) is 118 Å². The number of carbonyl (C=O) groups excluding carboxylic acids is 1. The molecule has 3 aromatic rings. The number of nitrogens with two attached hydrogens (primary N) is 1. The molecule has 2 aliphatic rings. The summed E-state index contributed by atoms with van der Waals surface area (Å²) < 4.78 is 18.0. The van der Waals surface area contributed by atoms with Crippen molar-refractivity contribution in [3.05, 3.63) is 60.5 Å². The second kappa shape index (κ2) is 11.3. The number of nitrogens with zero attached hydrogens (tertiary/aromatic N) is 8. The zero-order valence-electron chi connectivity index (χ0n) is 22.1. The molecular formula is C28H32FN9O. The van der Waals surface area contributed by atoms with E-state index in [2.05, 4.69) is 52.6 Å². The minimum absolute atomic E-state index is 0.0513. The van der Waals surface area contributed by atoms with Crippen molar-refractivity contribution in [2.24, 2.45) is 4.99 Å². The Morgan fingerprint density at radius 3 is 2.64 bits per heavy atom. The Kier molecular flexibility index (Phi) is 7.65. The molecule has 2 fully saturated rings. The van der Waals surface area contributed by atoms with Crippen LogP contribution in [0.5, 0.6) is 0 Å². The van der Waals surface area contributed by atoms with Crippen molar-refractivity contribution < 1.29 is 9.18 Å². The molecule has 0 unspecified atom stereocenters. The molecule has 1 amide bonds. The highest BCUT2D eigenvalue weighted by molar-refractivity contribution is 5.85. The summed E-state index contributed by atoms with van der Waals surface area (Å²) in [6.07, 6.45) is 8.44. The second-order valence-electron chi connectivity index (χ2n) is 9.97. The Bertz CT molecular complexity index is 1450. The molecule has 0 spiro atoms. The van der Waals surface area contributed by atoms with Crippen molar-refractivity contribution in [1.82, 2.24) is 34.3 Å². The molecule has 39 heavy (non-hydrogen) atoms. The number of amides is 1. The number of rotatable bonds is 6. The summed E-state index contributed by atoms with van der Waals surface area (Å²) in [5.74, 6) is 3.16.